The molecule has 0 aromatic heterocycles. The fourth-order valence-electron chi connectivity index (χ4n) is 2.54. The van der Waals surface area contributed by atoms with Gasteiger partial charge in [0.2, 0.25) is 0 Å². The number of rotatable bonds is 10. The van der Waals surface area contributed by atoms with E-state index in [1.807, 2.05) is 24.3 Å². The van der Waals surface area contributed by atoms with Crippen LogP contribution in [0, 0.1) is 0 Å². The lowest BCUT2D eigenvalue weighted by Gasteiger charge is -2.12. The van der Waals surface area contributed by atoms with Gasteiger partial charge in [-0.3, -0.25) is 9.59 Å². The molecule has 0 aliphatic heterocycles. The van der Waals surface area contributed by atoms with Gasteiger partial charge in [0.15, 0.2) is 5.78 Å². The zero-order chi connectivity index (χ0) is 18.8. The summed E-state index contributed by atoms with van der Waals surface area (Å²) in [6.07, 6.45) is 4.26. The van der Waals surface area contributed by atoms with E-state index in [4.69, 9.17) is 4.74 Å². The van der Waals surface area contributed by atoms with Gasteiger partial charge in [-0.25, -0.2) is 0 Å². The smallest absolute Gasteiger partial charge is 0.325 e. The Hall–Kier alpha value is -2.14. The van der Waals surface area contributed by atoms with E-state index in [1.165, 1.54) is 0 Å². The molecule has 138 valence electrons. The van der Waals surface area contributed by atoms with Gasteiger partial charge in [-0.1, -0.05) is 72.4 Å². The third kappa shape index (κ3) is 6.30. The number of unbranched alkanes of at least 4 members (excludes halogenated alkanes) is 3. The number of hydrogen-bond acceptors (Lipinski definition) is 4. The van der Waals surface area contributed by atoms with Crippen LogP contribution in [-0.2, 0) is 9.53 Å². The van der Waals surface area contributed by atoms with Crippen LogP contribution in [0.1, 0.15) is 48.5 Å². The van der Waals surface area contributed by atoms with E-state index >= 15 is 0 Å². The van der Waals surface area contributed by atoms with Crippen molar-refractivity contribution >= 4 is 33.4 Å². The molecule has 5 heteroatoms. The molecule has 0 bridgehead atoms. The van der Waals surface area contributed by atoms with E-state index in [1.54, 1.807) is 24.3 Å². The first-order chi connectivity index (χ1) is 12.6. The van der Waals surface area contributed by atoms with Crippen LogP contribution in [0.2, 0.25) is 0 Å². The van der Waals surface area contributed by atoms with Crippen molar-refractivity contribution in [1.29, 1.82) is 0 Å². The molecule has 0 unspecified atom stereocenters. The highest BCUT2D eigenvalue weighted by Crippen LogP contribution is 2.24. The van der Waals surface area contributed by atoms with E-state index in [-0.39, 0.29) is 18.3 Å². The lowest BCUT2D eigenvalue weighted by atomic mass is 10.0. The maximum absolute atomic E-state index is 12.8. The topological polar surface area (TPSA) is 55.4 Å². The minimum absolute atomic E-state index is 0.0322. The Bertz CT molecular complexity index is 731. The summed E-state index contributed by atoms with van der Waals surface area (Å²) in [5.41, 5.74) is 1.73. The number of benzene rings is 2. The van der Waals surface area contributed by atoms with Crippen molar-refractivity contribution in [2.24, 2.45) is 0 Å². The summed E-state index contributed by atoms with van der Waals surface area (Å²) in [7, 11) is 0. The van der Waals surface area contributed by atoms with Gasteiger partial charge in [0.1, 0.15) is 6.54 Å². The van der Waals surface area contributed by atoms with E-state index in [0.29, 0.717) is 23.4 Å². The molecule has 1 N–H and O–H groups in total. The number of carbonyl (C=O) groups excluding carboxylic acids is 2. The van der Waals surface area contributed by atoms with Crippen LogP contribution in [0.4, 0.5) is 5.69 Å². The largest absolute Gasteiger partial charge is 0.464 e. The fourth-order valence-corrected chi connectivity index (χ4v) is 2.90. The number of ether oxygens (including phenoxy) is 1. The quantitative estimate of drug-likeness (QED) is 0.327. The van der Waals surface area contributed by atoms with Crippen LogP contribution in [0.3, 0.4) is 0 Å². The van der Waals surface area contributed by atoms with E-state index in [9.17, 15) is 9.59 Å². The zero-order valence-corrected chi connectivity index (χ0v) is 16.6. The Morgan fingerprint density at radius 2 is 1.81 bits per heavy atom. The van der Waals surface area contributed by atoms with Crippen LogP contribution in [0.15, 0.2) is 53.0 Å². The fraction of sp³-hybridized carbons (Fsp3) is 0.333. The minimum atomic E-state index is -0.317. The van der Waals surface area contributed by atoms with E-state index in [0.717, 1.165) is 30.2 Å². The Balaban J connectivity index is 1.97. The van der Waals surface area contributed by atoms with Gasteiger partial charge in [0, 0.05) is 21.3 Å². The highest BCUT2D eigenvalue weighted by atomic mass is 79.9. The number of halogens is 1. The highest BCUT2D eigenvalue weighted by Gasteiger charge is 2.15. The molecular formula is C21H24BrNO3. The lowest BCUT2D eigenvalue weighted by molar-refractivity contribution is -0.141. The van der Waals surface area contributed by atoms with Gasteiger partial charge in [0.25, 0.3) is 0 Å². The van der Waals surface area contributed by atoms with Crippen LogP contribution < -0.4 is 5.32 Å². The molecule has 0 fully saturated rings. The third-order valence-corrected chi connectivity index (χ3v) is 4.44. The number of anilines is 1. The summed E-state index contributed by atoms with van der Waals surface area (Å²) in [5, 5.41) is 3.03. The predicted octanol–water partition coefficient (Wildman–Crippen LogP) is 5.22. The van der Waals surface area contributed by atoms with Gasteiger partial charge in [-0.05, 0) is 24.6 Å². The molecule has 0 amide bonds. The van der Waals surface area contributed by atoms with Crippen molar-refractivity contribution in [3.05, 3.63) is 64.1 Å². The molecule has 0 atom stereocenters. The molecule has 2 aromatic rings. The highest BCUT2D eigenvalue weighted by molar-refractivity contribution is 9.10. The maximum atomic E-state index is 12.8. The number of ketones is 1. The van der Waals surface area contributed by atoms with Crippen LogP contribution >= 0.6 is 15.9 Å². The molecule has 0 heterocycles. The Morgan fingerprint density at radius 3 is 2.54 bits per heavy atom. The summed E-state index contributed by atoms with van der Waals surface area (Å²) in [4.78, 5) is 24.6. The second kappa shape index (κ2) is 10.8. The number of nitrogens with one attached hydrogen (secondary N) is 1. The molecule has 26 heavy (non-hydrogen) atoms. The van der Waals surface area contributed by atoms with E-state index in [2.05, 4.69) is 28.2 Å². The summed E-state index contributed by atoms with van der Waals surface area (Å²) in [5.74, 6) is -0.412. The van der Waals surface area contributed by atoms with Crippen LogP contribution in [0.25, 0.3) is 0 Å². The maximum Gasteiger partial charge on any atom is 0.325 e. The Morgan fingerprint density at radius 1 is 1.04 bits per heavy atom. The monoisotopic (exact) mass is 417 g/mol. The average molecular weight is 418 g/mol. The standard InChI is InChI=1S/C21H24BrNO3/c1-2-3-4-8-13-26-20(24)15-23-19-12-11-17(22)14-18(19)21(25)16-9-6-5-7-10-16/h5-7,9-12,14,23H,2-4,8,13,15H2,1H3. The van der Waals surface area contributed by atoms with Crippen molar-refractivity contribution in [2.45, 2.75) is 32.6 Å². The molecule has 2 aromatic carbocycles. The third-order valence-electron chi connectivity index (χ3n) is 3.95. The Kier molecular flexibility index (Phi) is 8.35. The number of carbonyl (C=O) groups is 2. The van der Waals surface area contributed by atoms with Gasteiger partial charge in [-0.15, -0.1) is 0 Å². The van der Waals surface area contributed by atoms with Gasteiger partial charge in [-0.2, -0.15) is 0 Å². The minimum Gasteiger partial charge on any atom is -0.464 e. The van der Waals surface area contributed by atoms with Crippen molar-refractivity contribution in [3.8, 4) is 0 Å². The Labute approximate surface area is 163 Å². The number of hydrogen-bond donors (Lipinski definition) is 1. The van der Waals surface area contributed by atoms with Crippen molar-refractivity contribution in [3.63, 3.8) is 0 Å². The lowest BCUT2D eigenvalue weighted by Crippen LogP contribution is -2.19. The zero-order valence-electron chi connectivity index (χ0n) is 15.0. The van der Waals surface area contributed by atoms with Crippen LogP contribution in [-0.4, -0.2) is 24.9 Å². The molecule has 2 rings (SSSR count). The molecule has 0 aliphatic rings. The molecule has 0 radical (unpaired) electrons. The molecule has 4 nitrogen and oxygen atoms in total. The van der Waals surface area contributed by atoms with Gasteiger partial charge < -0.3 is 10.1 Å². The molecule has 0 spiro atoms. The molecule has 0 saturated heterocycles. The second-order valence-electron chi connectivity index (χ2n) is 6.02. The van der Waals surface area contributed by atoms with Gasteiger partial charge >= 0.3 is 5.97 Å². The second-order valence-corrected chi connectivity index (χ2v) is 6.94. The van der Waals surface area contributed by atoms with Crippen molar-refractivity contribution in [1.82, 2.24) is 0 Å². The summed E-state index contributed by atoms with van der Waals surface area (Å²) < 4.78 is 6.03. The predicted molar refractivity (Wildman–Crippen MR) is 108 cm³/mol. The summed E-state index contributed by atoms with van der Waals surface area (Å²) in [6, 6.07) is 14.5. The first-order valence-electron chi connectivity index (χ1n) is 8.90. The molecular weight excluding hydrogens is 394 g/mol. The first-order valence-corrected chi connectivity index (χ1v) is 9.70. The van der Waals surface area contributed by atoms with E-state index < -0.39 is 0 Å². The van der Waals surface area contributed by atoms with Crippen molar-refractivity contribution in [2.75, 3.05) is 18.5 Å². The van der Waals surface area contributed by atoms with Crippen molar-refractivity contribution < 1.29 is 14.3 Å². The molecule has 0 saturated carbocycles. The summed E-state index contributed by atoms with van der Waals surface area (Å²) in [6.45, 7) is 2.61. The SMILES string of the molecule is CCCCCCOC(=O)CNc1ccc(Br)cc1C(=O)c1ccccc1. The first kappa shape index (κ1) is 20.2. The summed E-state index contributed by atoms with van der Waals surface area (Å²) >= 11 is 3.40. The molecule has 0 aliphatic carbocycles. The average Bonchev–Trinajstić information content (AvgIpc) is 2.67. The number of esters is 1. The normalized spacial score (nSPS) is 10.4. The van der Waals surface area contributed by atoms with Gasteiger partial charge in [0.05, 0.1) is 6.61 Å². The van der Waals surface area contributed by atoms with Crippen LogP contribution in [0.5, 0.6) is 0 Å².